The van der Waals surface area contributed by atoms with Gasteiger partial charge >= 0.3 is 0 Å². The number of unbranched alkanes of at least 4 members (excludes halogenated alkanes) is 14. The molecule has 0 heterocycles. The second kappa shape index (κ2) is 26.7. The fourth-order valence-electron chi connectivity index (χ4n) is 4.80. The molecule has 0 aromatic heterocycles. The van der Waals surface area contributed by atoms with Crippen molar-refractivity contribution in [2.75, 3.05) is 19.6 Å². The molecular weight excluding hydrogens is 490 g/mol. The van der Waals surface area contributed by atoms with Gasteiger partial charge in [-0.25, -0.2) is 0 Å². The molecule has 1 aromatic carbocycles. The van der Waals surface area contributed by atoms with Gasteiger partial charge < -0.3 is 4.90 Å². The molecule has 0 spiro atoms. The van der Waals surface area contributed by atoms with Gasteiger partial charge in [-0.15, -0.1) is 0 Å². The molecule has 206 valence electrons. The van der Waals surface area contributed by atoms with Crippen LogP contribution in [0, 0.1) is 0 Å². The van der Waals surface area contributed by atoms with Gasteiger partial charge in [0.25, 0.3) is 0 Å². The normalized spacial score (nSPS) is 11.1. The standard InChI is InChI=1S/C27H47Br.C6H15N/c1-3-5-7-9-11-12-13-14-16-18-20-26-21-25(22-27(23-26)24-28)19-17-15-10-8-6-4-2;1-4-7(5-2)6-3/h21-23H,3-20,24H2,1-2H3;4-6H2,1-3H3. The molecule has 0 saturated heterocycles. The Labute approximate surface area is 230 Å². The summed E-state index contributed by atoms with van der Waals surface area (Å²) in [6, 6.07) is 7.34. The van der Waals surface area contributed by atoms with Crippen LogP contribution in [0.2, 0.25) is 0 Å². The quantitative estimate of drug-likeness (QED) is 0.102. The lowest BCUT2D eigenvalue weighted by atomic mass is 9.97. The molecule has 2 heteroatoms. The van der Waals surface area contributed by atoms with Crippen molar-refractivity contribution in [1.82, 2.24) is 4.90 Å². The van der Waals surface area contributed by atoms with Crippen LogP contribution in [0.4, 0.5) is 0 Å². The number of aryl methyl sites for hydroxylation is 2. The van der Waals surface area contributed by atoms with E-state index in [2.05, 4.69) is 73.6 Å². The van der Waals surface area contributed by atoms with Crippen molar-refractivity contribution in [2.45, 2.75) is 156 Å². The maximum Gasteiger partial charge on any atom is 0.0283 e. The number of benzene rings is 1. The molecule has 0 amide bonds. The summed E-state index contributed by atoms with van der Waals surface area (Å²) in [5.41, 5.74) is 4.59. The summed E-state index contributed by atoms with van der Waals surface area (Å²) in [5.74, 6) is 0. The summed E-state index contributed by atoms with van der Waals surface area (Å²) in [7, 11) is 0. The molecule has 35 heavy (non-hydrogen) atoms. The van der Waals surface area contributed by atoms with Crippen LogP contribution in [0.15, 0.2) is 18.2 Å². The zero-order valence-electron chi connectivity index (χ0n) is 24.6. The molecule has 0 aliphatic carbocycles. The Hall–Kier alpha value is -0.340. The average Bonchev–Trinajstić information content (AvgIpc) is 2.88. The van der Waals surface area contributed by atoms with E-state index in [1.807, 2.05) is 0 Å². The lowest BCUT2D eigenvalue weighted by Crippen LogP contribution is -2.21. The van der Waals surface area contributed by atoms with E-state index in [-0.39, 0.29) is 0 Å². The molecule has 0 saturated carbocycles. The highest BCUT2D eigenvalue weighted by Gasteiger charge is 2.02. The minimum absolute atomic E-state index is 0.988. The monoisotopic (exact) mass is 551 g/mol. The van der Waals surface area contributed by atoms with E-state index in [0.717, 1.165) is 5.33 Å². The van der Waals surface area contributed by atoms with Gasteiger partial charge in [-0.2, -0.15) is 0 Å². The van der Waals surface area contributed by atoms with Crippen molar-refractivity contribution in [2.24, 2.45) is 0 Å². The number of hydrogen-bond acceptors (Lipinski definition) is 1. The Morgan fingerprint density at radius 1 is 0.457 bits per heavy atom. The second-order valence-corrected chi connectivity index (χ2v) is 10.9. The van der Waals surface area contributed by atoms with Crippen LogP contribution in [0.5, 0.6) is 0 Å². The smallest absolute Gasteiger partial charge is 0.0283 e. The molecule has 1 rings (SSSR count). The zero-order chi connectivity index (χ0) is 26.0. The molecule has 1 aromatic rings. The Kier molecular flexibility index (Phi) is 26.5. The maximum atomic E-state index is 3.67. The molecule has 0 radical (unpaired) electrons. The van der Waals surface area contributed by atoms with Gasteiger partial charge in [-0.3, -0.25) is 0 Å². The number of nitrogens with zero attached hydrogens (tertiary/aromatic N) is 1. The summed E-state index contributed by atoms with van der Waals surface area (Å²) in [6.07, 6.45) is 25.1. The van der Waals surface area contributed by atoms with Crippen molar-refractivity contribution in [1.29, 1.82) is 0 Å². The molecular formula is C33H62BrN. The average molecular weight is 553 g/mol. The van der Waals surface area contributed by atoms with E-state index < -0.39 is 0 Å². The molecule has 0 N–H and O–H groups in total. The fraction of sp³-hybridized carbons (Fsp3) is 0.818. The van der Waals surface area contributed by atoms with Crippen LogP contribution in [0.1, 0.15) is 154 Å². The number of hydrogen-bond donors (Lipinski definition) is 0. The Bertz CT molecular complexity index is 547. The van der Waals surface area contributed by atoms with Crippen LogP contribution in [0.25, 0.3) is 0 Å². The van der Waals surface area contributed by atoms with Gasteiger partial charge in [0, 0.05) is 5.33 Å². The van der Waals surface area contributed by atoms with Gasteiger partial charge in [0.2, 0.25) is 0 Å². The van der Waals surface area contributed by atoms with Gasteiger partial charge in [0.15, 0.2) is 0 Å². The van der Waals surface area contributed by atoms with E-state index >= 15 is 0 Å². The van der Waals surface area contributed by atoms with Crippen LogP contribution < -0.4 is 0 Å². The Morgan fingerprint density at radius 3 is 1.06 bits per heavy atom. The molecule has 1 nitrogen and oxygen atoms in total. The van der Waals surface area contributed by atoms with Crippen molar-refractivity contribution >= 4 is 15.9 Å². The van der Waals surface area contributed by atoms with Crippen molar-refractivity contribution in [3.05, 3.63) is 34.9 Å². The van der Waals surface area contributed by atoms with Crippen molar-refractivity contribution < 1.29 is 0 Å². The highest BCUT2D eigenvalue weighted by molar-refractivity contribution is 9.08. The lowest BCUT2D eigenvalue weighted by Gasteiger charge is -2.13. The van der Waals surface area contributed by atoms with Gasteiger partial charge in [-0.05, 0) is 62.0 Å². The van der Waals surface area contributed by atoms with Crippen LogP contribution in [-0.2, 0) is 18.2 Å². The predicted octanol–water partition coefficient (Wildman–Crippen LogP) is 11.3. The third kappa shape index (κ3) is 21.5. The minimum Gasteiger partial charge on any atom is -0.304 e. The third-order valence-electron chi connectivity index (χ3n) is 7.25. The first-order valence-corrected chi connectivity index (χ1v) is 16.7. The zero-order valence-corrected chi connectivity index (χ0v) is 26.2. The van der Waals surface area contributed by atoms with Gasteiger partial charge in [-0.1, -0.05) is 159 Å². The number of rotatable bonds is 22. The van der Waals surface area contributed by atoms with Crippen LogP contribution in [0.3, 0.4) is 0 Å². The van der Waals surface area contributed by atoms with Gasteiger partial charge in [0.05, 0.1) is 0 Å². The molecule has 0 atom stereocenters. The summed E-state index contributed by atoms with van der Waals surface area (Å²) in [5, 5.41) is 0.988. The van der Waals surface area contributed by atoms with Crippen LogP contribution in [-0.4, -0.2) is 24.5 Å². The minimum atomic E-state index is 0.988. The maximum absolute atomic E-state index is 3.67. The number of alkyl halides is 1. The summed E-state index contributed by atoms with van der Waals surface area (Å²) in [6.45, 7) is 14.7. The Morgan fingerprint density at radius 2 is 0.771 bits per heavy atom. The summed E-state index contributed by atoms with van der Waals surface area (Å²) in [4.78, 5) is 2.38. The van der Waals surface area contributed by atoms with Crippen molar-refractivity contribution in [3.63, 3.8) is 0 Å². The Balaban J connectivity index is 0.00000143. The van der Waals surface area contributed by atoms with E-state index in [1.165, 1.54) is 141 Å². The molecule has 0 aliphatic rings. The highest BCUT2D eigenvalue weighted by Crippen LogP contribution is 2.19. The summed E-state index contributed by atoms with van der Waals surface area (Å²) >= 11 is 3.67. The second-order valence-electron chi connectivity index (χ2n) is 10.4. The largest absolute Gasteiger partial charge is 0.304 e. The SMILES string of the molecule is CCCCCCCCCCCCc1cc(CBr)cc(CCCCCCCC)c1.CCN(CC)CC. The first-order chi connectivity index (χ1) is 17.1. The van der Waals surface area contributed by atoms with E-state index in [9.17, 15) is 0 Å². The number of halogens is 1. The predicted molar refractivity (Wildman–Crippen MR) is 165 cm³/mol. The molecule has 0 fully saturated rings. The van der Waals surface area contributed by atoms with E-state index in [1.54, 1.807) is 11.1 Å². The lowest BCUT2D eigenvalue weighted by molar-refractivity contribution is 0.321. The molecule has 0 bridgehead atoms. The van der Waals surface area contributed by atoms with Crippen LogP contribution >= 0.6 is 15.9 Å². The fourth-order valence-corrected chi connectivity index (χ4v) is 5.13. The first kappa shape index (κ1) is 34.7. The third-order valence-corrected chi connectivity index (χ3v) is 7.89. The molecule has 0 unspecified atom stereocenters. The highest BCUT2D eigenvalue weighted by atomic mass is 79.9. The van der Waals surface area contributed by atoms with Gasteiger partial charge in [0.1, 0.15) is 0 Å². The van der Waals surface area contributed by atoms with Crippen molar-refractivity contribution in [3.8, 4) is 0 Å². The van der Waals surface area contributed by atoms with E-state index in [4.69, 9.17) is 0 Å². The summed E-state index contributed by atoms with van der Waals surface area (Å²) < 4.78 is 0. The van der Waals surface area contributed by atoms with E-state index in [0.29, 0.717) is 0 Å². The first-order valence-electron chi connectivity index (χ1n) is 15.5. The molecule has 0 aliphatic heterocycles. The topological polar surface area (TPSA) is 3.24 Å².